The van der Waals surface area contributed by atoms with E-state index >= 15 is 0 Å². The van der Waals surface area contributed by atoms with Crippen molar-refractivity contribution < 1.29 is 0 Å². The number of aromatic nitrogens is 3. The van der Waals surface area contributed by atoms with Crippen molar-refractivity contribution in [3.63, 3.8) is 0 Å². The van der Waals surface area contributed by atoms with Gasteiger partial charge in [-0.1, -0.05) is 19.9 Å². The highest BCUT2D eigenvalue weighted by atomic mass is 15.0. The van der Waals surface area contributed by atoms with Gasteiger partial charge in [-0.15, -0.1) is 0 Å². The van der Waals surface area contributed by atoms with Crippen molar-refractivity contribution in [2.24, 2.45) is 5.92 Å². The van der Waals surface area contributed by atoms with E-state index in [-0.39, 0.29) is 0 Å². The SMILES string of the molecule is Cc1cccnc1-c1ncc(CNCC(C)C)[nH]1. The molecule has 0 saturated heterocycles. The molecule has 4 heteroatoms. The summed E-state index contributed by atoms with van der Waals surface area (Å²) in [7, 11) is 0. The molecular formula is C14H20N4. The first kappa shape index (κ1) is 12.8. The summed E-state index contributed by atoms with van der Waals surface area (Å²) in [4.78, 5) is 12.1. The fraction of sp³-hybridized carbons (Fsp3) is 0.429. The quantitative estimate of drug-likeness (QED) is 0.849. The Morgan fingerprint density at radius 1 is 1.33 bits per heavy atom. The van der Waals surface area contributed by atoms with Gasteiger partial charge < -0.3 is 10.3 Å². The maximum atomic E-state index is 4.39. The van der Waals surface area contributed by atoms with Crippen LogP contribution in [0.2, 0.25) is 0 Å². The summed E-state index contributed by atoms with van der Waals surface area (Å²) in [5, 5.41) is 3.39. The molecule has 2 aromatic heterocycles. The number of hydrogen-bond acceptors (Lipinski definition) is 3. The molecule has 2 heterocycles. The molecule has 0 aromatic carbocycles. The molecule has 0 amide bonds. The lowest BCUT2D eigenvalue weighted by Gasteiger charge is -2.05. The van der Waals surface area contributed by atoms with E-state index in [0.29, 0.717) is 5.92 Å². The minimum atomic E-state index is 0.658. The molecule has 2 N–H and O–H groups in total. The third-order valence-corrected chi connectivity index (χ3v) is 2.73. The minimum absolute atomic E-state index is 0.658. The minimum Gasteiger partial charge on any atom is -0.339 e. The van der Waals surface area contributed by atoms with Crippen LogP contribution < -0.4 is 5.32 Å². The number of imidazole rings is 1. The molecule has 0 unspecified atom stereocenters. The lowest BCUT2D eigenvalue weighted by molar-refractivity contribution is 0.549. The Bertz CT molecular complexity index is 502. The zero-order chi connectivity index (χ0) is 13.0. The van der Waals surface area contributed by atoms with E-state index in [2.05, 4.69) is 34.1 Å². The number of pyridine rings is 1. The maximum absolute atomic E-state index is 4.39. The van der Waals surface area contributed by atoms with Crippen molar-refractivity contribution in [2.45, 2.75) is 27.3 Å². The second-order valence-corrected chi connectivity index (χ2v) is 4.95. The molecule has 0 bridgehead atoms. The van der Waals surface area contributed by atoms with Crippen molar-refractivity contribution >= 4 is 0 Å². The third-order valence-electron chi connectivity index (χ3n) is 2.73. The van der Waals surface area contributed by atoms with Crippen LogP contribution in [0.4, 0.5) is 0 Å². The van der Waals surface area contributed by atoms with E-state index < -0.39 is 0 Å². The summed E-state index contributed by atoms with van der Waals surface area (Å²) >= 11 is 0. The van der Waals surface area contributed by atoms with Crippen molar-refractivity contribution in [3.8, 4) is 11.5 Å². The van der Waals surface area contributed by atoms with Gasteiger partial charge in [-0.2, -0.15) is 0 Å². The third kappa shape index (κ3) is 3.17. The van der Waals surface area contributed by atoms with Gasteiger partial charge in [-0.25, -0.2) is 4.98 Å². The number of rotatable bonds is 5. The van der Waals surface area contributed by atoms with Gasteiger partial charge in [-0.05, 0) is 31.0 Å². The molecule has 0 saturated carbocycles. The van der Waals surface area contributed by atoms with Gasteiger partial charge in [0.15, 0.2) is 5.82 Å². The Morgan fingerprint density at radius 3 is 2.89 bits per heavy atom. The molecule has 2 aromatic rings. The summed E-state index contributed by atoms with van der Waals surface area (Å²) < 4.78 is 0. The number of nitrogens with one attached hydrogen (secondary N) is 2. The summed E-state index contributed by atoms with van der Waals surface area (Å²) in [6.45, 7) is 8.26. The Morgan fingerprint density at radius 2 is 2.17 bits per heavy atom. The molecule has 0 radical (unpaired) electrons. The fourth-order valence-corrected chi connectivity index (χ4v) is 1.80. The zero-order valence-electron chi connectivity index (χ0n) is 11.2. The van der Waals surface area contributed by atoms with Gasteiger partial charge in [0.25, 0.3) is 0 Å². The molecule has 0 spiro atoms. The van der Waals surface area contributed by atoms with Crippen molar-refractivity contribution in [3.05, 3.63) is 35.8 Å². The summed E-state index contributed by atoms with van der Waals surface area (Å²) in [5.74, 6) is 1.50. The molecule has 0 atom stereocenters. The van der Waals surface area contributed by atoms with Crippen LogP contribution >= 0.6 is 0 Å². The van der Waals surface area contributed by atoms with Crippen LogP contribution in [0.25, 0.3) is 11.5 Å². The molecule has 0 aliphatic rings. The first-order valence-electron chi connectivity index (χ1n) is 6.33. The predicted molar refractivity (Wildman–Crippen MR) is 73.1 cm³/mol. The second kappa shape index (κ2) is 5.78. The zero-order valence-corrected chi connectivity index (χ0v) is 11.2. The van der Waals surface area contributed by atoms with E-state index in [4.69, 9.17) is 0 Å². The van der Waals surface area contributed by atoms with Gasteiger partial charge in [0, 0.05) is 18.4 Å². The molecule has 0 aliphatic carbocycles. The number of nitrogens with zero attached hydrogens (tertiary/aromatic N) is 2. The van der Waals surface area contributed by atoms with Crippen LogP contribution in [0.15, 0.2) is 24.5 Å². The van der Waals surface area contributed by atoms with Crippen molar-refractivity contribution in [1.29, 1.82) is 0 Å². The van der Waals surface area contributed by atoms with E-state index in [9.17, 15) is 0 Å². The van der Waals surface area contributed by atoms with Gasteiger partial charge in [0.2, 0.25) is 0 Å². The Labute approximate surface area is 108 Å². The molecule has 2 rings (SSSR count). The van der Waals surface area contributed by atoms with Gasteiger partial charge in [0.05, 0.1) is 6.20 Å². The van der Waals surface area contributed by atoms with E-state index in [1.807, 2.05) is 25.3 Å². The van der Waals surface area contributed by atoms with Crippen LogP contribution in [0.3, 0.4) is 0 Å². The van der Waals surface area contributed by atoms with Crippen LogP contribution in [0.5, 0.6) is 0 Å². The van der Waals surface area contributed by atoms with Gasteiger partial charge in [-0.3, -0.25) is 4.98 Å². The molecule has 96 valence electrons. The Balaban J connectivity index is 2.04. The molecule has 0 fully saturated rings. The standard InChI is InChI=1S/C14H20N4/c1-10(2)7-15-8-12-9-17-14(18-12)13-11(3)5-4-6-16-13/h4-6,9-10,15H,7-8H2,1-3H3,(H,17,18). The topological polar surface area (TPSA) is 53.6 Å². The van der Waals surface area contributed by atoms with Crippen molar-refractivity contribution in [1.82, 2.24) is 20.3 Å². The highest BCUT2D eigenvalue weighted by Gasteiger charge is 2.07. The summed E-state index contributed by atoms with van der Waals surface area (Å²) in [6, 6.07) is 3.98. The fourth-order valence-electron chi connectivity index (χ4n) is 1.80. The van der Waals surface area contributed by atoms with E-state index in [0.717, 1.165) is 35.9 Å². The first-order valence-corrected chi connectivity index (χ1v) is 6.33. The summed E-state index contributed by atoms with van der Waals surface area (Å²) in [5.41, 5.74) is 3.15. The highest BCUT2D eigenvalue weighted by molar-refractivity contribution is 5.54. The average molecular weight is 244 g/mol. The van der Waals surface area contributed by atoms with E-state index in [1.165, 1.54) is 0 Å². The van der Waals surface area contributed by atoms with Crippen LogP contribution in [-0.4, -0.2) is 21.5 Å². The van der Waals surface area contributed by atoms with Crippen LogP contribution in [0.1, 0.15) is 25.1 Å². The molecular weight excluding hydrogens is 224 g/mol. The Hall–Kier alpha value is -1.68. The molecule has 18 heavy (non-hydrogen) atoms. The average Bonchev–Trinajstić information content (AvgIpc) is 2.78. The molecule has 0 aliphatic heterocycles. The lowest BCUT2D eigenvalue weighted by Crippen LogP contribution is -2.19. The van der Waals surface area contributed by atoms with E-state index in [1.54, 1.807) is 6.20 Å². The van der Waals surface area contributed by atoms with Crippen LogP contribution in [0, 0.1) is 12.8 Å². The normalized spacial score (nSPS) is 11.1. The maximum Gasteiger partial charge on any atom is 0.156 e. The monoisotopic (exact) mass is 244 g/mol. The highest BCUT2D eigenvalue weighted by Crippen LogP contribution is 2.16. The van der Waals surface area contributed by atoms with Gasteiger partial charge in [0.1, 0.15) is 5.69 Å². The van der Waals surface area contributed by atoms with Crippen LogP contribution in [-0.2, 0) is 6.54 Å². The smallest absolute Gasteiger partial charge is 0.156 e. The lowest BCUT2D eigenvalue weighted by atomic mass is 10.2. The predicted octanol–water partition coefficient (Wildman–Crippen LogP) is 2.53. The summed E-state index contributed by atoms with van der Waals surface area (Å²) in [6.07, 6.45) is 3.66. The largest absolute Gasteiger partial charge is 0.339 e. The van der Waals surface area contributed by atoms with Gasteiger partial charge >= 0.3 is 0 Å². The number of H-pyrrole nitrogens is 1. The number of hydrogen-bond donors (Lipinski definition) is 2. The molecule has 4 nitrogen and oxygen atoms in total. The van der Waals surface area contributed by atoms with Crippen molar-refractivity contribution in [2.75, 3.05) is 6.54 Å². The first-order chi connectivity index (χ1) is 8.66. The second-order valence-electron chi connectivity index (χ2n) is 4.95. The Kier molecular flexibility index (Phi) is 4.10. The number of aromatic amines is 1. The number of aryl methyl sites for hydroxylation is 1.